The quantitative estimate of drug-likeness (QED) is 0.466. The van der Waals surface area contributed by atoms with Gasteiger partial charge in [0.2, 0.25) is 5.91 Å². The van der Waals surface area contributed by atoms with E-state index < -0.39 is 11.9 Å². The Morgan fingerprint density at radius 2 is 1.70 bits per heavy atom. The van der Waals surface area contributed by atoms with E-state index in [0.717, 1.165) is 12.8 Å². The second-order valence-corrected chi connectivity index (χ2v) is 5.00. The van der Waals surface area contributed by atoms with Gasteiger partial charge in [0, 0.05) is 19.5 Å². The van der Waals surface area contributed by atoms with Gasteiger partial charge in [-0.25, -0.2) is 0 Å². The lowest BCUT2D eigenvalue weighted by molar-refractivity contribution is -0.146. The molecule has 4 nitrogen and oxygen atoms in total. The highest BCUT2D eigenvalue weighted by atomic mass is 16.4. The van der Waals surface area contributed by atoms with Crippen molar-refractivity contribution in [3.8, 4) is 0 Å². The van der Waals surface area contributed by atoms with Gasteiger partial charge in [-0.3, -0.25) is 9.59 Å². The third-order valence-electron chi connectivity index (χ3n) is 3.46. The van der Waals surface area contributed by atoms with Gasteiger partial charge in [0.15, 0.2) is 0 Å². The number of unbranched alkanes of at least 4 members (excludes halogenated alkanes) is 2. The summed E-state index contributed by atoms with van der Waals surface area (Å²) in [5.74, 6) is -1.50. The molecule has 0 saturated carbocycles. The number of carbonyl (C=O) groups is 2. The Bertz CT molecular complexity index is 309. The molecule has 0 radical (unpaired) electrons. The normalized spacial score (nSPS) is 12.6. The van der Waals surface area contributed by atoms with Crippen LogP contribution in [0.5, 0.6) is 0 Å². The van der Waals surface area contributed by atoms with Gasteiger partial charge >= 0.3 is 5.97 Å². The van der Waals surface area contributed by atoms with Crippen LogP contribution >= 0.6 is 0 Å². The standard InChI is InChI=1S/C16H29NO3/c1-4-7-8-9-10-11-12-14(16(19)20)13-15(18)17(5-2)6-3/h9-10,14H,4-8,11-13H2,1-3H3,(H,19,20)/b10-9+. The summed E-state index contributed by atoms with van der Waals surface area (Å²) in [6.07, 6.45) is 8.89. The number of carbonyl (C=O) groups excluding carboxylic acids is 1. The van der Waals surface area contributed by atoms with Gasteiger partial charge in [0.25, 0.3) is 0 Å². The van der Waals surface area contributed by atoms with Gasteiger partial charge in [-0.05, 0) is 33.1 Å². The first-order valence-corrected chi connectivity index (χ1v) is 7.72. The van der Waals surface area contributed by atoms with Gasteiger partial charge in [0.05, 0.1) is 5.92 Å². The lowest BCUT2D eigenvalue weighted by Gasteiger charge is -2.20. The van der Waals surface area contributed by atoms with E-state index >= 15 is 0 Å². The molecule has 0 aliphatic heterocycles. The summed E-state index contributed by atoms with van der Waals surface area (Å²) in [6, 6.07) is 0. The molecule has 1 unspecified atom stereocenters. The highest BCUT2D eigenvalue weighted by Crippen LogP contribution is 2.14. The fourth-order valence-electron chi connectivity index (χ4n) is 2.08. The zero-order chi connectivity index (χ0) is 15.4. The van der Waals surface area contributed by atoms with Crippen LogP contribution in [-0.2, 0) is 9.59 Å². The van der Waals surface area contributed by atoms with Crippen molar-refractivity contribution in [1.29, 1.82) is 0 Å². The number of rotatable bonds is 11. The van der Waals surface area contributed by atoms with Crippen LogP contribution in [-0.4, -0.2) is 35.0 Å². The third-order valence-corrected chi connectivity index (χ3v) is 3.46. The number of hydrogen-bond donors (Lipinski definition) is 1. The van der Waals surface area contributed by atoms with E-state index in [-0.39, 0.29) is 12.3 Å². The zero-order valence-corrected chi connectivity index (χ0v) is 13.1. The Hall–Kier alpha value is -1.32. The fraction of sp³-hybridized carbons (Fsp3) is 0.750. The first kappa shape index (κ1) is 18.7. The molecule has 0 spiro atoms. The molecule has 116 valence electrons. The van der Waals surface area contributed by atoms with Gasteiger partial charge in [-0.1, -0.05) is 31.9 Å². The minimum absolute atomic E-state index is 0.0580. The second-order valence-electron chi connectivity index (χ2n) is 5.00. The van der Waals surface area contributed by atoms with E-state index in [1.807, 2.05) is 19.9 Å². The molecule has 1 N–H and O–H groups in total. The second kappa shape index (κ2) is 11.5. The molecule has 20 heavy (non-hydrogen) atoms. The topological polar surface area (TPSA) is 57.6 Å². The number of hydrogen-bond acceptors (Lipinski definition) is 2. The Kier molecular flexibility index (Phi) is 10.7. The summed E-state index contributed by atoms with van der Waals surface area (Å²) in [7, 11) is 0. The van der Waals surface area contributed by atoms with Crippen molar-refractivity contribution in [2.45, 2.75) is 59.3 Å². The molecule has 0 bridgehead atoms. The van der Waals surface area contributed by atoms with Crippen LogP contribution in [0.1, 0.15) is 59.3 Å². The van der Waals surface area contributed by atoms with Crippen molar-refractivity contribution in [1.82, 2.24) is 4.90 Å². The van der Waals surface area contributed by atoms with Crippen LogP contribution in [0.25, 0.3) is 0 Å². The van der Waals surface area contributed by atoms with Gasteiger partial charge < -0.3 is 10.0 Å². The molecule has 0 heterocycles. The maximum absolute atomic E-state index is 11.9. The van der Waals surface area contributed by atoms with Gasteiger partial charge in [0.1, 0.15) is 0 Å². The predicted octanol–water partition coefficient (Wildman–Crippen LogP) is 3.47. The maximum atomic E-state index is 11.9. The Balaban J connectivity index is 4.20. The lowest BCUT2D eigenvalue weighted by atomic mass is 9.98. The van der Waals surface area contributed by atoms with Crippen LogP contribution < -0.4 is 0 Å². The summed E-state index contributed by atoms with van der Waals surface area (Å²) in [5.41, 5.74) is 0. The molecule has 0 aliphatic rings. The molecule has 0 aromatic rings. The number of allylic oxidation sites excluding steroid dienone is 2. The number of carboxylic acid groups (broad SMARTS) is 1. The van der Waals surface area contributed by atoms with E-state index in [1.165, 1.54) is 12.8 Å². The van der Waals surface area contributed by atoms with Gasteiger partial charge in [-0.15, -0.1) is 0 Å². The average Bonchev–Trinajstić information content (AvgIpc) is 2.42. The van der Waals surface area contributed by atoms with Crippen LogP contribution in [0, 0.1) is 5.92 Å². The van der Waals surface area contributed by atoms with Crippen LogP contribution in [0.15, 0.2) is 12.2 Å². The summed E-state index contributed by atoms with van der Waals surface area (Å²) < 4.78 is 0. The van der Waals surface area contributed by atoms with E-state index in [1.54, 1.807) is 4.90 Å². The van der Waals surface area contributed by atoms with Gasteiger partial charge in [-0.2, -0.15) is 0 Å². The van der Waals surface area contributed by atoms with E-state index in [9.17, 15) is 14.7 Å². The fourth-order valence-corrected chi connectivity index (χ4v) is 2.08. The zero-order valence-electron chi connectivity index (χ0n) is 13.1. The molecule has 0 aromatic carbocycles. The summed E-state index contributed by atoms with van der Waals surface area (Å²) in [6.45, 7) is 7.24. The Labute approximate surface area is 122 Å². The molecule has 0 fully saturated rings. The van der Waals surface area contributed by atoms with Crippen molar-refractivity contribution in [2.24, 2.45) is 5.92 Å². The molecule has 1 amide bonds. The predicted molar refractivity (Wildman–Crippen MR) is 81.6 cm³/mol. The van der Waals surface area contributed by atoms with Crippen LogP contribution in [0.4, 0.5) is 0 Å². The Morgan fingerprint density at radius 3 is 2.20 bits per heavy atom. The SMILES string of the molecule is CCCC/C=C/CCC(CC(=O)N(CC)CC)C(=O)O. The molecule has 0 aromatic heterocycles. The van der Waals surface area contributed by atoms with E-state index in [2.05, 4.69) is 13.0 Å². The number of nitrogens with zero attached hydrogens (tertiary/aromatic N) is 1. The molecule has 4 heteroatoms. The third kappa shape index (κ3) is 7.97. The molecule has 1 atom stereocenters. The van der Waals surface area contributed by atoms with E-state index in [0.29, 0.717) is 19.5 Å². The van der Waals surface area contributed by atoms with Crippen molar-refractivity contribution < 1.29 is 14.7 Å². The smallest absolute Gasteiger partial charge is 0.307 e. The first-order chi connectivity index (χ1) is 9.56. The van der Waals surface area contributed by atoms with E-state index in [4.69, 9.17) is 0 Å². The van der Waals surface area contributed by atoms with Crippen molar-refractivity contribution in [2.75, 3.05) is 13.1 Å². The van der Waals surface area contributed by atoms with Crippen molar-refractivity contribution in [3.63, 3.8) is 0 Å². The Morgan fingerprint density at radius 1 is 1.10 bits per heavy atom. The summed E-state index contributed by atoms with van der Waals surface area (Å²) in [4.78, 5) is 24.8. The number of amides is 1. The van der Waals surface area contributed by atoms with Crippen LogP contribution in [0.2, 0.25) is 0 Å². The minimum Gasteiger partial charge on any atom is -0.481 e. The molecular weight excluding hydrogens is 254 g/mol. The first-order valence-electron chi connectivity index (χ1n) is 7.72. The number of carboxylic acids is 1. The monoisotopic (exact) mass is 283 g/mol. The largest absolute Gasteiger partial charge is 0.481 e. The maximum Gasteiger partial charge on any atom is 0.307 e. The molecular formula is C16H29NO3. The van der Waals surface area contributed by atoms with Crippen molar-refractivity contribution >= 4 is 11.9 Å². The highest BCUT2D eigenvalue weighted by Gasteiger charge is 2.22. The van der Waals surface area contributed by atoms with Crippen LogP contribution in [0.3, 0.4) is 0 Å². The van der Waals surface area contributed by atoms with Crippen molar-refractivity contribution in [3.05, 3.63) is 12.2 Å². The minimum atomic E-state index is -0.868. The molecule has 0 aliphatic carbocycles. The average molecular weight is 283 g/mol. The lowest BCUT2D eigenvalue weighted by Crippen LogP contribution is -2.33. The highest BCUT2D eigenvalue weighted by molar-refractivity contribution is 5.82. The molecule has 0 rings (SSSR count). The summed E-state index contributed by atoms with van der Waals surface area (Å²) in [5, 5.41) is 9.20. The number of aliphatic carboxylic acids is 1. The summed E-state index contributed by atoms with van der Waals surface area (Å²) >= 11 is 0. The molecule has 0 saturated heterocycles.